The Bertz CT molecular complexity index is 857. The van der Waals surface area contributed by atoms with Crippen LogP contribution in [0.4, 0.5) is 0 Å². The predicted molar refractivity (Wildman–Crippen MR) is 96.9 cm³/mol. The zero-order chi connectivity index (χ0) is 19.4. The van der Waals surface area contributed by atoms with E-state index < -0.39 is 12.1 Å². The zero-order valence-corrected chi connectivity index (χ0v) is 14.9. The fourth-order valence-corrected chi connectivity index (χ4v) is 2.85. The van der Waals surface area contributed by atoms with Crippen molar-refractivity contribution in [1.29, 1.82) is 0 Å². The van der Waals surface area contributed by atoms with Gasteiger partial charge in [0.1, 0.15) is 0 Å². The van der Waals surface area contributed by atoms with Gasteiger partial charge in [0.2, 0.25) is 17.6 Å². The lowest BCUT2D eigenvalue weighted by Gasteiger charge is -2.14. The van der Waals surface area contributed by atoms with Crippen LogP contribution < -0.4 is 0 Å². The molecule has 1 aliphatic heterocycles. The van der Waals surface area contributed by atoms with Crippen molar-refractivity contribution in [1.82, 2.24) is 4.90 Å². The summed E-state index contributed by atoms with van der Waals surface area (Å²) in [5.41, 5.74) is 1.52. The first-order valence-corrected chi connectivity index (χ1v) is 8.68. The van der Waals surface area contributed by atoms with Crippen LogP contribution in [0, 0.1) is 0 Å². The fraction of sp³-hybridized carbons (Fsp3) is 0.238. The van der Waals surface area contributed by atoms with Crippen LogP contribution in [-0.2, 0) is 20.9 Å². The lowest BCUT2D eigenvalue weighted by Crippen LogP contribution is -2.28. The zero-order valence-electron chi connectivity index (χ0n) is 14.9. The molecule has 6 nitrogen and oxygen atoms in total. The van der Waals surface area contributed by atoms with Gasteiger partial charge in [-0.2, -0.15) is 0 Å². The van der Waals surface area contributed by atoms with Crippen LogP contribution in [0.25, 0.3) is 0 Å². The van der Waals surface area contributed by atoms with E-state index in [2.05, 4.69) is 0 Å². The molecule has 0 aliphatic carbocycles. The Morgan fingerprint density at radius 2 is 1.52 bits per heavy atom. The van der Waals surface area contributed by atoms with Gasteiger partial charge < -0.3 is 4.74 Å². The van der Waals surface area contributed by atoms with E-state index in [4.69, 9.17) is 4.74 Å². The lowest BCUT2D eigenvalue weighted by molar-refractivity contribution is -0.139. The van der Waals surface area contributed by atoms with Crippen molar-refractivity contribution >= 4 is 23.6 Å². The number of rotatable bonds is 6. The van der Waals surface area contributed by atoms with Crippen molar-refractivity contribution in [2.24, 2.45) is 0 Å². The molecule has 1 aliphatic rings. The second kappa shape index (κ2) is 7.95. The van der Waals surface area contributed by atoms with E-state index in [-0.39, 0.29) is 37.0 Å². The highest BCUT2D eigenvalue weighted by Gasteiger charge is 2.28. The summed E-state index contributed by atoms with van der Waals surface area (Å²) in [6.45, 7) is 1.72. The van der Waals surface area contributed by atoms with E-state index in [9.17, 15) is 19.2 Å². The minimum absolute atomic E-state index is 0.184. The van der Waals surface area contributed by atoms with Gasteiger partial charge in [-0.1, -0.05) is 42.5 Å². The molecular weight excluding hydrogens is 346 g/mol. The van der Waals surface area contributed by atoms with Gasteiger partial charge in [0, 0.05) is 18.4 Å². The first-order chi connectivity index (χ1) is 13.0. The van der Waals surface area contributed by atoms with Gasteiger partial charge in [-0.3, -0.25) is 19.3 Å². The van der Waals surface area contributed by atoms with Crippen molar-refractivity contribution in [3.05, 3.63) is 71.3 Å². The number of hydrogen-bond donors (Lipinski definition) is 0. The number of likely N-dealkylation sites (tertiary alicyclic amines) is 1. The quantitative estimate of drug-likeness (QED) is 0.447. The highest BCUT2D eigenvalue weighted by Crippen LogP contribution is 2.17. The third-order valence-electron chi connectivity index (χ3n) is 4.40. The largest absolute Gasteiger partial charge is 0.451 e. The molecule has 1 heterocycles. The van der Waals surface area contributed by atoms with E-state index in [1.807, 2.05) is 0 Å². The summed E-state index contributed by atoms with van der Waals surface area (Å²) in [6.07, 6.45) is -0.410. The van der Waals surface area contributed by atoms with Gasteiger partial charge in [0.15, 0.2) is 6.10 Å². The number of imide groups is 1. The summed E-state index contributed by atoms with van der Waals surface area (Å²) in [7, 11) is 0. The van der Waals surface area contributed by atoms with Crippen molar-refractivity contribution < 1.29 is 23.9 Å². The van der Waals surface area contributed by atoms with Crippen LogP contribution in [0.5, 0.6) is 0 Å². The number of amides is 2. The van der Waals surface area contributed by atoms with Crippen LogP contribution in [0.3, 0.4) is 0 Å². The van der Waals surface area contributed by atoms with Gasteiger partial charge in [-0.15, -0.1) is 0 Å². The Morgan fingerprint density at radius 3 is 2.11 bits per heavy atom. The number of nitrogens with zero attached hydrogens (tertiary/aromatic N) is 1. The van der Waals surface area contributed by atoms with Gasteiger partial charge >= 0.3 is 5.97 Å². The number of esters is 1. The summed E-state index contributed by atoms with van der Waals surface area (Å²) in [5, 5.41) is 0. The van der Waals surface area contributed by atoms with Crippen molar-refractivity contribution in [3.63, 3.8) is 0 Å². The third kappa shape index (κ3) is 4.28. The predicted octanol–water partition coefficient (Wildman–Crippen LogP) is 2.76. The topological polar surface area (TPSA) is 80.8 Å². The third-order valence-corrected chi connectivity index (χ3v) is 4.40. The average Bonchev–Trinajstić information content (AvgIpc) is 3.00. The lowest BCUT2D eigenvalue weighted by atomic mass is 10.1. The Hall–Kier alpha value is -3.28. The molecule has 0 saturated carbocycles. The smallest absolute Gasteiger partial charge is 0.338 e. The first kappa shape index (κ1) is 18.5. The second-order valence-electron chi connectivity index (χ2n) is 6.35. The second-order valence-corrected chi connectivity index (χ2v) is 6.35. The molecule has 0 bridgehead atoms. The molecule has 138 valence electrons. The maximum absolute atomic E-state index is 12.3. The summed E-state index contributed by atoms with van der Waals surface area (Å²) >= 11 is 0. The van der Waals surface area contributed by atoms with Gasteiger partial charge in [-0.05, 0) is 24.6 Å². The van der Waals surface area contributed by atoms with Crippen LogP contribution >= 0.6 is 0 Å². The number of carbonyl (C=O) groups is 4. The Kier molecular flexibility index (Phi) is 5.45. The van der Waals surface area contributed by atoms with E-state index >= 15 is 0 Å². The molecule has 1 saturated heterocycles. The molecule has 0 unspecified atom stereocenters. The van der Waals surface area contributed by atoms with Crippen LogP contribution in [0.2, 0.25) is 0 Å². The van der Waals surface area contributed by atoms with Crippen molar-refractivity contribution in [3.8, 4) is 0 Å². The molecule has 0 aromatic heterocycles. The van der Waals surface area contributed by atoms with Crippen LogP contribution in [0.1, 0.15) is 46.0 Å². The standard InChI is InChI=1S/C21H19NO5/c1-14(20(25)16-5-3-2-4-6-16)27-21(26)17-9-7-15(8-10-17)13-22-18(23)11-12-19(22)24/h2-10,14H,11-13H2,1H3/t14-/m0/s1. The normalized spacial score (nSPS) is 14.9. The van der Waals surface area contributed by atoms with Crippen molar-refractivity contribution in [2.75, 3.05) is 0 Å². The fourth-order valence-electron chi connectivity index (χ4n) is 2.85. The summed E-state index contributed by atoms with van der Waals surface area (Å²) in [4.78, 5) is 49.1. The van der Waals surface area contributed by atoms with E-state index in [1.165, 1.54) is 11.8 Å². The molecular formula is C21H19NO5. The molecule has 1 atom stereocenters. The SMILES string of the molecule is C[C@H](OC(=O)c1ccc(CN2C(=O)CCC2=O)cc1)C(=O)c1ccccc1. The number of carbonyl (C=O) groups excluding carboxylic acids is 4. The number of hydrogen-bond acceptors (Lipinski definition) is 5. The maximum Gasteiger partial charge on any atom is 0.338 e. The average molecular weight is 365 g/mol. The van der Waals surface area contributed by atoms with E-state index in [0.717, 1.165) is 5.56 Å². The highest BCUT2D eigenvalue weighted by molar-refractivity contribution is 6.02. The van der Waals surface area contributed by atoms with Crippen molar-refractivity contribution in [2.45, 2.75) is 32.4 Å². The molecule has 2 amide bonds. The molecule has 0 radical (unpaired) electrons. The molecule has 2 aromatic carbocycles. The van der Waals surface area contributed by atoms with Crippen LogP contribution in [0.15, 0.2) is 54.6 Å². The number of Topliss-reactive ketones (excluding diaryl/α,β-unsaturated/α-hetero) is 1. The van der Waals surface area contributed by atoms with Gasteiger partial charge in [0.25, 0.3) is 0 Å². The molecule has 2 aromatic rings. The summed E-state index contributed by atoms with van der Waals surface area (Å²) < 4.78 is 5.25. The first-order valence-electron chi connectivity index (χ1n) is 8.68. The Labute approximate surface area is 156 Å². The van der Waals surface area contributed by atoms with Gasteiger partial charge in [-0.25, -0.2) is 4.79 Å². The Morgan fingerprint density at radius 1 is 0.926 bits per heavy atom. The summed E-state index contributed by atoms with van der Waals surface area (Å²) in [5.74, 6) is -1.24. The minimum Gasteiger partial charge on any atom is -0.451 e. The van der Waals surface area contributed by atoms with E-state index in [1.54, 1.807) is 54.6 Å². The summed E-state index contributed by atoms with van der Waals surface area (Å²) in [6, 6.07) is 15.1. The molecule has 1 fully saturated rings. The number of ketones is 1. The maximum atomic E-state index is 12.3. The molecule has 0 N–H and O–H groups in total. The molecule has 3 rings (SSSR count). The molecule has 0 spiro atoms. The van der Waals surface area contributed by atoms with Gasteiger partial charge in [0.05, 0.1) is 12.1 Å². The molecule has 6 heteroatoms. The Balaban J connectivity index is 1.61. The number of ether oxygens (including phenoxy) is 1. The highest BCUT2D eigenvalue weighted by atomic mass is 16.5. The number of benzene rings is 2. The van der Waals surface area contributed by atoms with Crippen LogP contribution in [-0.4, -0.2) is 34.6 Å². The monoisotopic (exact) mass is 365 g/mol. The van der Waals surface area contributed by atoms with E-state index in [0.29, 0.717) is 11.1 Å². The molecule has 27 heavy (non-hydrogen) atoms. The minimum atomic E-state index is -0.903.